The van der Waals surface area contributed by atoms with Crippen molar-refractivity contribution in [2.45, 2.75) is 57.4 Å². The fourth-order valence-electron chi connectivity index (χ4n) is 5.41. The molecular weight excluding hydrogens is 531 g/mol. The Hall–Kier alpha value is -4.35. The van der Waals surface area contributed by atoms with Crippen LogP contribution in [0.25, 0.3) is 5.69 Å². The van der Waals surface area contributed by atoms with Gasteiger partial charge in [0.25, 0.3) is 5.91 Å². The van der Waals surface area contributed by atoms with E-state index in [2.05, 4.69) is 5.10 Å². The van der Waals surface area contributed by atoms with Crippen LogP contribution in [0.1, 0.15) is 44.5 Å². The number of halogens is 3. The largest absolute Gasteiger partial charge is 0.465 e. The number of hydrogen-bond donors (Lipinski definition) is 0. The summed E-state index contributed by atoms with van der Waals surface area (Å²) in [7, 11) is 0. The number of imide groups is 1. The number of carbonyl (C=O) groups is 3. The molecule has 2 aliphatic rings. The number of ether oxygens (including phenoxy) is 3. The molecule has 0 saturated heterocycles. The van der Waals surface area contributed by atoms with Gasteiger partial charge in [0.2, 0.25) is 16.9 Å². The Morgan fingerprint density at radius 3 is 2.25 bits per heavy atom. The lowest BCUT2D eigenvalue weighted by atomic mass is 9.65. The van der Waals surface area contributed by atoms with E-state index >= 15 is 13.2 Å². The van der Waals surface area contributed by atoms with E-state index in [0.717, 1.165) is 4.68 Å². The summed E-state index contributed by atoms with van der Waals surface area (Å²) >= 11 is 0. The van der Waals surface area contributed by atoms with Crippen LogP contribution in [0.3, 0.4) is 0 Å². The van der Waals surface area contributed by atoms with Crippen LogP contribution in [-0.2, 0) is 30.1 Å². The van der Waals surface area contributed by atoms with Crippen molar-refractivity contribution < 1.29 is 41.8 Å². The van der Waals surface area contributed by atoms with Crippen molar-refractivity contribution in [3.8, 4) is 11.6 Å². The monoisotopic (exact) mass is 557 g/mol. The molecule has 0 radical (unpaired) electrons. The lowest BCUT2D eigenvalue weighted by molar-refractivity contribution is -0.237. The van der Waals surface area contributed by atoms with Crippen molar-refractivity contribution in [2.75, 3.05) is 11.5 Å². The Morgan fingerprint density at radius 1 is 1.02 bits per heavy atom. The Kier molecular flexibility index (Phi) is 6.01. The van der Waals surface area contributed by atoms with Gasteiger partial charge in [0.15, 0.2) is 0 Å². The van der Waals surface area contributed by atoms with Gasteiger partial charge in [-0.1, -0.05) is 36.4 Å². The fourth-order valence-corrected chi connectivity index (χ4v) is 5.41. The topological polar surface area (TPSA) is 100.0 Å². The number of amides is 2. The second kappa shape index (κ2) is 8.83. The summed E-state index contributed by atoms with van der Waals surface area (Å²) in [6.07, 6.45) is -6.67. The summed E-state index contributed by atoms with van der Waals surface area (Å²) < 4.78 is 64.8. The molecule has 2 atom stereocenters. The number of alkyl halides is 3. The van der Waals surface area contributed by atoms with E-state index in [-0.39, 0.29) is 16.9 Å². The zero-order chi connectivity index (χ0) is 29.3. The molecule has 0 fully saturated rings. The van der Waals surface area contributed by atoms with Crippen LogP contribution < -0.4 is 9.64 Å². The van der Waals surface area contributed by atoms with E-state index in [4.69, 9.17) is 14.2 Å². The minimum Gasteiger partial charge on any atom is -0.465 e. The molecule has 1 spiro atoms. The predicted octanol–water partition coefficient (Wildman–Crippen LogP) is 5.11. The Labute approximate surface area is 227 Å². The molecule has 0 unspecified atom stereocenters. The van der Waals surface area contributed by atoms with Crippen molar-refractivity contribution in [3.05, 3.63) is 71.4 Å². The standard InChI is InChI=1S/C28H26F3N3O6/c1-6-38-23(36)26(28(29,30)31)20-16(2)32-34(17-12-8-7-9-13-17)21(20)39-27(26)18-14-10-11-15-19(18)33(22(27)35)24(37)40-25(3,4)5/h7-15H,6H2,1-5H3/t26-,27-/m1/s1. The molecule has 5 rings (SSSR count). The minimum absolute atomic E-state index is 0.206. The maximum absolute atomic E-state index is 15.7. The molecule has 2 amide bonds. The number of benzene rings is 2. The molecule has 3 heterocycles. The molecule has 1 aromatic heterocycles. The molecule has 0 aliphatic carbocycles. The van der Waals surface area contributed by atoms with Gasteiger partial charge in [0, 0.05) is 5.56 Å². The summed E-state index contributed by atoms with van der Waals surface area (Å²) in [6.45, 7) is 6.86. The number of carbonyl (C=O) groups excluding carboxylic acids is 3. The summed E-state index contributed by atoms with van der Waals surface area (Å²) in [5, 5.41) is 4.26. The molecule has 12 heteroatoms. The first kappa shape index (κ1) is 27.2. The van der Waals surface area contributed by atoms with Gasteiger partial charge in [0.1, 0.15) is 5.60 Å². The first-order chi connectivity index (χ1) is 18.7. The highest BCUT2D eigenvalue weighted by Gasteiger charge is 2.86. The van der Waals surface area contributed by atoms with Crippen molar-refractivity contribution >= 4 is 23.7 Å². The lowest BCUT2D eigenvalue weighted by Crippen LogP contribution is -2.67. The number of para-hydroxylation sites is 2. The zero-order valence-electron chi connectivity index (χ0n) is 22.3. The zero-order valence-corrected chi connectivity index (χ0v) is 22.3. The molecule has 2 aliphatic heterocycles. The van der Waals surface area contributed by atoms with E-state index in [1.54, 1.807) is 51.1 Å². The Balaban J connectivity index is 1.89. The SMILES string of the molecule is CCOC(=O)[C@]1(C(F)(F)F)c2c(C)nn(-c3ccccc3)c2O[C@]12C(=O)N(C(=O)OC(C)(C)C)c1ccccc12. The van der Waals surface area contributed by atoms with Crippen LogP contribution in [-0.4, -0.2) is 46.1 Å². The van der Waals surface area contributed by atoms with E-state index in [1.807, 2.05) is 0 Å². The van der Waals surface area contributed by atoms with Crippen molar-refractivity contribution in [1.29, 1.82) is 0 Å². The summed E-state index contributed by atoms with van der Waals surface area (Å²) in [5.41, 5.74) is -9.00. The van der Waals surface area contributed by atoms with Gasteiger partial charge in [-0.25, -0.2) is 14.4 Å². The van der Waals surface area contributed by atoms with Crippen LogP contribution in [0, 0.1) is 6.92 Å². The average Bonchev–Trinajstić information content (AvgIpc) is 3.45. The summed E-state index contributed by atoms with van der Waals surface area (Å²) in [5.74, 6) is -3.67. The number of hydrogen-bond acceptors (Lipinski definition) is 7. The summed E-state index contributed by atoms with van der Waals surface area (Å²) in [4.78, 5) is 41.9. The van der Waals surface area contributed by atoms with Crippen LogP contribution >= 0.6 is 0 Å². The Morgan fingerprint density at radius 2 is 1.65 bits per heavy atom. The van der Waals surface area contributed by atoms with Gasteiger partial charge in [-0.15, -0.1) is 0 Å². The van der Waals surface area contributed by atoms with Gasteiger partial charge < -0.3 is 14.2 Å². The molecule has 3 aromatic rings. The molecule has 0 saturated carbocycles. The van der Waals surface area contributed by atoms with Crippen molar-refractivity contribution in [1.82, 2.24) is 9.78 Å². The van der Waals surface area contributed by atoms with Gasteiger partial charge in [-0.05, 0) is 52.8 Å². The van der Waals surface area contributed by atoms with Crippen LogP contribution in [0.2, 0.25) is 0 Å². The number of rotatable bonds is 3. The third-order valence-corrected chi connectivity index (χ3v) is 6.78. The van der Waals surface area contributed by atoms with Gasteiger partial charge >= 0.3 is 18.2 Å². The van der Waals surface area contributed by atoms with E-state index in [9.17, 15) is 14.4 Å². The van der Waals surface area contributed by atoms with E-state index < -0.39 is 58.8 Å². The smallest absolute Gasteiger partial charge is 0.421 e. The highest BCUT2D eigenvalue weighted by atomic mass is 19.4. The second-order valence-corrected chi connectivity index (χ2v) is 10.4. The third-order valence-electron chi connectivity index (χ3n) is 6.78. The summed E-state index contributed by atoms with van der Waals surface area (Å²) in [6, 6.07) is 13.5. The first-order valence-corrected chi connectivity index (χ1v) is 12.5. The van der Waals surface area contributed by atoms with Gasteiger partial charge in [-0.3, -0.25) is 9.59 Å². The molecule has 210 valence electrons. The molecular formula is C28H26F3N3O6. The highest BCUT2D eigenvalue weighted by Crippen LogP contribution is 2.66. The first-order valence-electron chi connectivity index (χ1n) is 12.5. The molecule has 2 aromatic carbocycles. The average molecular weight is 558 g/mol. The molecule has 40 heavy (non-hydrogen) atoms. The Bertz CT molecular complexity index is 1530. The maximum Gasteiger partial charge on any atom is 0.421 e. The quantitative estimate of drug-likeness (QED) is 0.413. The van der Waals surface area contributed by atoms with Crippen LogP contribution in [0.15, 0.2) is 54.6 Å². The molecule has 0 bridgehead atoms. The normalized spacial score (nSPS) is 21.7. The number of anilines is 1. The van der Waals surface area contributed by atoms with Crippen LogP contribution in [0.4, 0.5) is 23.7 Å². The van der Waals surface area contributed by atoms with Gasteiger partial charge in [-0.2, -0.15) is 18.3 Å². The lowest BCUT2D eigenvalue weighted by Gasteiger charge is -2.39. The predicted molar refractivity (Wildman–Crippen MR) is 135 cm³/mol. The number of fused-ring (bicyclic) bond motifs is 3. The maximum atomic E-state index is 15.7. The number of aryl methyl sites for hydroxylation is 1. The molecule has 0 N–H and O–H groups in total. The fraction of sp³-hybridized carbons (Fsp3) is 0.357. The van der Waals surface area contributed by atoms with E-state index in [0.29, 0.717) is 10.6 Å². The number of aromatic nitrogens is 2. The number of esters is 1. The molecule has 9 nitrogen and oxygen atoms in total. The highest BCUT2D eigenvalue weighted by molar-refractivity contribution is 6.23. The second-order valence-electron chi connectivity index (χ2n) is 10.4. The van der Waals surface area contributed by atoms with Gasteiger partial charge in [0.05, 0.1) is 29.2 Å². The van der Waals surface area contributed by atoms with Crippen molar-refractivity contribution in [2.24, 2.45) is 0 Å². The van der Waals surface area contributed by atoms with Crippen LogP contribution in [0.5, 0.6) is 5.88 Å². The third kappa shape index (κ3) is 3.47. The number of nitrogens with zero attached hydrogens (tertiary/aromatic N) is 3. The van der Waals surface area contributed by atoms with Crippen molar-refractivity contribution in [3.63, 3.8) is 0 Å². The minimum atomic E-state index is -5.45. The van der Waals surface area contributed by atoms with E-state index in [1.165, 1.54) is 38.1 Å².